The molecule has 5 N–H and O–H groups in total. The van der Waals surface area contributed by atoms with Gasteiger partial charge in [0, 0.05) is 87.9 Å². The van der Waals surface area contributed by atoms with Gasteiger partial charge in [-0.1, -0.05) is 73.7 Å². The summed E-state index contributed by atoms with van der Waals surface area (Å²) in [6.07, 6.45) is 11.9. The van der Waals surface area contributed by atoms with Gasteiger partial charge in [-0.2, -0.15) is 5.10 Å². The number of aromatic carboxylic acids is 1. The number of carboxylic acid groups (broad SMARTS) is 1. The summed E-state index contributed by atoms with van der Waals surface area (Å²) in [5.74, 6) is -2.37. The zero-order valence-corrected chi connectivity index (χ0v) is 51.5. The maximum absolute atomic E-state index is 13.9. The lowest BCUT2D eigenvalue weighted by atomic mass is 9.39. The number of imide groups is 1. The predicted octanol–water partition coefficient (Wildman–Crippen LogP) is 9.74. The zero-order valence-electron chi connectivity index (χ0n) is 49.9. The van der Waals surface area contributed by atoms with Gasteiger partial charge in [-0.15, -0.1) is 10.8 Å². The number of carboxylic acids is 1. The minimum Gasteiger partial charge on any atom is -0.476 e. The van der Waals surface area contributed by atoms with Crippen molar-refractivity contribution < 1.29 is 52.5 Å². The van der Waals surface area contributed by atoms with Gasteiger partial charge in [0.1, 0.15) is 19.0 Å². The monoisotopic (exact) mass is 1220 g/mol. The Balaban J connectivity index is 0.721. The second-order valence-corrected chi connectivity index (χ2v) is 28.8. The number of para-hydroxylation sites is 1. The number of amides is 5. The molecule has 4 saturated carbocycles. The first-order valence-electron chi connectivity index (χ1n) is 29.7. The lowest BCUT2D eigenvalue weighted by Gasteiger charge is -2.69. The average Bonchev–Trinajstić information content (AvgIpc) is 0.870. The van der Waals surface area contributed by atoms with E-state index in [1.54, 1.807) is 20.3 Å². The quantitative estimate of drug-likeness (QED) is 0.0279. The highest BCUT2D eigenvalue weighted by Gasteiger charge is 2.66. The molecular weight excluding hydrogens is 1150 g/mol. The van der Waals surface area contributed by atoms with Crippen molar-refractivity contribution >= 4 is 79.0 Å². The standard InChI is InChI=1S/C64H76N10O11S2/c1-42-48(46-20-21-52(68-56(46)58(79)80)72-26-24-45-12-10-13-47(49(45)32-72)57(78)69-59-67-50-14-6-7-15-51(50)86-59)31-66-74(42)41-63-36-61(2)35-62(3,37-63)39-64(38-61,40-63)85-29-27-71(28-30-87(82,83)70(4)5)60(81)84-34-44-18-16-43(17-19-44)11-8-9-25-65-53(75)33-73-54(76)22-23-55(73)77/h6-7,10,12-23,31,82-83H,8-9,11,24-30,32-41H2,1-5H3,(H,65,75)(H,79,80)(H,67,69,78). The highest BCUT2D eigenvalue weighted by atomic mass is 32.3. The number of thiazole rings is 1. The van der Waals surface area contributed by atoms with E-state index in [1.165, 1.54) is 20.5 Å². The molecule has 0 radical (unpaired) electrons. The van der Waals surface area contributed by atoms with Gasteiger partial charge in [-0.3, -0.25) is 43.2 Å². The van der Waals surface area contributed by atoms with Crippen LogP contribution in [0.5, 0.6) is 0 Å². The Morgan fingerprint density at radius 2 is 1.56 bits per heavy atom. The van der Waals surface area contributed by atoms with Crippen LogP contribution < -0.4 is 15.5 Å². The number of anilines is 2. The number of unbranched alkanes of at least 4 members (excludes halogenated alkanes) is 1. The predicted molar refractivity (Wildman–Crippen MR) is 332 cm³/mol. The van der Waals surface area contributed by atoms with Crippen molar-refractivity contribution in [2.45, 2.75) is 110 Å². The fourth-order valence-corrected chi connectivity index (χ4v) is 16.7. The molecule has 5 amide bonds. The molecule has 5 heterocycles. The molecule has 3 aromatic heterocycles. The van der Waals surface area contributed by atoms with Gasteiger partial charge < -0.3 is 29.7 Å². The number of hydrogen-bond donors (Lipinski definition) is 5. The molecule has 0 saturated heterocycles. The van der Waals surface area contributed by atoms with Crippen molar-refractivity contribution in [1.29, 1.82) is 0 Å². The molecule has 2 unspecified atom stereocenters. The van der Waals surface area contributed by atoms with E-state index >= 15 is 0 Å². The Bertz CT molecular complexity index is 3610. The van der Waals surface area contributed by atoms with Gasteiger partial charge in [0.15, 0.2) is 10.8 Å². The second-order valence-electron chi connectivity index (χ2n) is 25.4. The molecular formula is C64H76N10O11S2. The van der Waals surface area contributed by atoms with Gasteiger partial charge >= 0.3 is 12.1 Å². The minimum atomic E-state index is -3.16. The van der Waals surface area contributed by atoms with Crippen molar-refractivity contribution in [1.82, 2.24) is 39.2 Å². The number of carbonyl (C=O) groups excluding carboxylic acids is 5. The van der Waals surface area contributed by atoms with Crippen LogP contribution >= 0.6 is 22.1 Å². The molecule has 23 heteroatoms. The van der Waals surface area contributed by atoms with Crippen molar-refractivity contribution in [2.75, 3.05) is 69.4 Å². The Hall–Kier alpha value is -7.54. The molecule has 6 aromatic rings. The van der Waals surface area contributed by atoms with Crippen LogP contribution in [-0.4, -0.2) is 149 Å². The van der Waals surface area contributed by atoms with Crippen LogP contribution in [0, 0.1) is 23.2 Å². The number of nitrogens with zero attached hydrogens (tertiary/aromatic N) is 8. The van der Waals surface area contributed by atoms with Crippen molar-refractivity contribution in [3.8, 4) is 11.1 Å². The number of pyridine rings is 1. The fourth-order valence-electron chi connectivity index (χ4n) is 15.0. The van der Waals surface area contributed by atoms with Gasteiger partial charge in [0.25, 0.3) is 17.7 Å². The fraction of sp³-hybridized carbons (Fsp3) is 0.453. The highest BCUT2D eigenvalue weighted by molar-refractivity contribution is 8.22. The molecule has 6 aliphatic rings. The van der Waals surface area contributed by atoms with E-state index in [4.69, 9.17) is 19.6 Å². The molecule has 12 rings (SSSR count). The van der Waals surface area contributed by atoms with E-state index in [1.807, 2.05) is 95.4 Å². The lowest BCUT2D eigenvalue weighted by molar-refractivity contribution is -0.248. The number of ether oxygens (including phenoxy) is 2. The molecule has 4 aliphatic carbocycles. The third kappa shape index (κ3) is 13.5. The SMILES string of the molecule is Cc1c(-c2ccc(N3CCc4cccc(C(=O)Nc5nc6ccccc6s5)c4C3)nc2C(=O)O)cnn1CC12CC3(C)CC(C)(C1)CC(OCCN(CCS(O)(O)N(C)C)C(=O)OCc1ccc(CCCCNC(=O)CN4C(=O)C=CC4=O)cc1)(C3)C2. The first-order chi connectivity index (χ1) is 41.5. The van der Waals surface area contributed by atoms with Crippen LogP contribution in [0.15, 0.2) is 97.2 Å². The molecule has 4 bridgehead atoms. The molecule has 2 aliphatic heterocycles. The topological polar surface area (TPSA) is 262 Å². The van der Waals surface area contributed by atoms with Gasteiger partial charge in [-0.05, 0) is 140 Å². The summed E-state index contributed by atoms with van der Waals surface area (Å²) in [6, 6.07) is 24.9. The summed E-state index contributed by atoms with van der Waals surface area (Å²) in [5, 5.41) is 22.0. The first kappa shape index (κ1) is 61.1. The molecule has 4 fully saturated rings. The largest absolute Gasteiger partial charge is 0.476 e. The van der Waals surface area contributed by atoms with Crippen molar-refractivity contribution in [3.05, 3.63) is 136 Å². The first-order valence-corrected chi connectivity index (χ1v) is 32.2. The van der Waals surface area contributed by atoms with E-state index in [0.29, 0.717) is 66.7 Å². The summed E-state index contributed by atoms with van der Waals surface area (Å²) in [4.78, 5) is 90.5. The number of carbonyl (C=O) groups is 6. The Morgan fingerprint density at radius 1 is 0.828 bits per heavy atom. The third-order valence-electron chi connectivity index (χ3n) is 18.0. The van der Waals surface area contributed by atoms with Gasteiger partial charge in [0.05, 0.1) is 34.4 Å². The number of hydrogen-bond acceptors (Lipinski definition) is 16. The minimum absolute atomic E-state index is 0.00620. The van der Waals surface area contributed by atoms with E-state index in [-0.39, 0.29) is 66.4 Å². The zero-order chi connectivity index (χ0) is 61.5. The number of aromatic nitrogens is 4. The van der Waals surface area contributed by atoms with Crippen molar-refractivity contribution in [2.24, 2.45) is 16.2 Å². The number of aryl methyl sites for hydroxylation is 1. The normalized spacial score (nSPS) is 22.3. The Kier molecular flexibility index (Phi) is 17.3. The number of benzene rings is 3. The maximum atomic E-state index is 13.9. The summed E-state index contributed by atoms with van der Waals surface area (Å²) in [6.45, 7) is 8.80. The number of rotatable bonds is 24. The summed E-state index contributed by atoms with van der Waals surface area (Å²) in [5.41, 5.74) is 6.32. The maximum Gasteiger partial charge on any atom is 0.410 e. The lowest BCUT2D eigenvalue weighted by Crippen LogP contribution is -2.64. The van der Waals surface area contributed by atoms with Crippen LogP contribution in [0.4, 0.5) is 15.7 Å². The summed E-state index contributed by atoms with van der Waals surface area (Å²) >= 11 is 1.42. The van der Waals surface area contributed by atoms with Gasteiger partial charge in [-0.25, -0.2) is 23.9 Å². The molecule has 21 nitrogen and oxygen atoms in total. The Labute approximate surface area is 511 Å². The van der Waals surface area contributed by atoms with E-state index < -0.39 is 46.2 Å². The molecule has 2 atom stereocenters. The number of fused-ring (bicyclic) bond motifs is 2. The van der Waals surface area contributed by atoms with Crippen LogP contribution in [0.1, 0.15) is 114 Å². The molecule has 3 aromatic carbocycles. The van der Waals surface area contributed by atoms with E-state index in [2.05, 4.69) is 29.5 Å². The third-order valence-corrected chi connectivity index (χ3v) is 20.9. The van der Waals surface area contributed by atoms with Crippen LogP contribution in [0.2, 0.25) is 0 Å². The van der Waals surface area contributed by atoms with Gasteiger partial charge in [0.2, 0.25) is 5.91 Å². The van der Waals surface area contributed by atoms with E-state index in [0.717, 1.165) is 107 Å². The highest BCUT2D eigenvalue weighted by Crippen LogP contribution is 2.72. The molecule has 460 valence electrons. The van der Waals surface area contributed by atoms with E-state index in [9.17, 15) is 43.0 Å². The smallest absolute Gasteiger partial charge is 0.410 e. The second kappa shape index (κ2) is 24.6. The van der Waals surface area contributed by atoms with Crippen molar-refractivity contribution in [3.63, 3.8) is 0 Å². The van der Waals surface area contributed by atoms with Crippen LogP contribution in [0.3, 0.4) is 0 Å². The van der Waals surface area contributed by atoms with Crippen LogP contribution in [0.25, 0.3) is 21.3 Å². The molecule has 0 spiro atoms. The number of nitrogens with one attached hydrogen (secondary N) is 2. The summed E-state index contributed by atoms with van der Waals surface area (Å²) in [7, 11) is 0.0197. The molecule has 87 heavy (non-hydrogen) atoms. The Morgan fingerprint density at radius 3 is 2.29 bits per heavy atom. The van der Waals surface area contributed by atoms with Crippen LogP contribution in [-0.2, 0) is 56.4 Å². The summed E-state index contributed by atoms with van der Waals surface area (Å²) < 4.78 is 39.1. The average molecular weight is 1230 g/mol.